The summed E-state index contributed by atoms with van der Waals surface area (Å²) in [5.74, 6) is -0.483. The minimum atomic E-state index is -3.91. The zero-order chi connectivity index (χ0) is 15.3. The first-order valence-corrected chi connectivity index (χ1v) is 8.58. The summed E-state index contributed by atoms with van der Waals surface area (Å²) in [6.07, 6.45) is -0.150. The van der Waals surface area contributed by atoms with Crippen LogP contribution in [0.5, 0.6) is 0 Å². The van der Waals surface area contributed by atoms with Crippen LogP contribution in [0.2, 0.25) is 5.02 Å². The molecule has 1 unspecified atom stereocenters. The number of carbonyl (C=O) groups excluding carboxylic acids is 1. The highest BCUT2D eigenvalue weighted by Gasteiger charge is 2.17. The monoisotopic (exact) mass is 339 g/mol. The van der Waals surface area contributed by atoms with Gasteiger partial charge in [-0.3, -0.25) is 4.79 Å². The molecule has 1 N–H and O–H groups in total. The van der Waals surface area contributed by atoms with Crippen molar-refractivity contribution < 1.29 is 17.9 Å². The van der Waals surface area contributed by atoms with Gasteiger partial charge in [0, 0.05) is 23.8 Å². The highest BCUT2D eigenvalue weighted by Crippen LogP contribution is 2.22. The minimum Gasteiger partial charge on any atom is -0.377 e. The third-order valence-electron chi connectivity index (χ3n) is 2.47. The number of hydrogen-bond donors (Lipinski definition) is 1. The summed E-state index contributed by atoms with van der Waals surface area (Å²) >= 11 is 5.89. The van der Waals surface area contributed by atoms with E-state index in [0.29, 0.717) is 13.2 Å². The van der Waals surface area contributed by atoms with E-state index in [0.717, 1.165) is 6.07 Å². The van der Waals surface area contributed by atoms with E-state index in [9.17, 15) is 13.2 Å². The van der Waals surface area contributed by atoms with Gasteiger partial charge < -0.3 is 10.1 Å². The Kier molecular flexibility index (Phi) is 6.26. The molecule has 0 aliphatic rings. The highest BCUT2D eigenvalue weighted by atomic mass is 35.7. The summed E-state index contributed by atoms with van der Waals surface area (Å²) in [7, 11) is 1.33. The maximum Gasteiger partial charge on any atom is 0.261 e. The number of nitrogens with one attached hydrogen (secondary N) is 1. The fourth-order valence-corrected chi connectivity index (χ4v) is 2.49. The largest absolute Gasteiger partial charge is 0.377 e. The molecule has 0 aromatic heterocycles. The van der Waals surface area contributed by atoms with Crippen LogP contribution in [0, 0.1) is 0 Å². The van der Waals surface area contributed by atoms with Gasteiger partial charge in [0.25, 0.3) is 15.0 Å². The topological polar surface area (TPSA) is 72.5 Å². The van der Waals surface area contributed by atoms with E-state index in [1.807, 2.05) is 13.8 Å². The summed E-state index contributed by atoms with van der Waals surface area (Å²) in [5, 5.41) is 2.77. The van der Waals surface area contributed by atoms with Gasteiger partial charge in [0.15, 0.2) is 0 Å². The van der Waals surface area contributed by atoms with Gasteiger partial charge in [-0.1, -0.05) is 11.6 Å². The number of benzene rings is 1. The second-order valence-electron chi connectivity index (χ2n) is 4.06. The molecule has 0 fully saturated rings. The van der Waals surface area contributed by atoms with Crippen LogP contribution in [0.1, 0.15) is 24.2 Å². The first-order chi connectivity index (χ1) is 9.25. The second-order valence-corrected chi connectivity index (χ2v) is 7.03. The summed E-state index contributed by atoms with van der Waals surface area (Å²) in [6, 6.07) is 3.70. The van der Waals surface area contributed by atoms with Crippen LogP contribution in [-0.4, -0.2) is 33.6 Å². The van der Waals surface area contributed by atoms with Gasteiger partial charge in [-0.25, -0.2) is 8.42 Å². The number of amides is 1. The Morgan fingerprint density at radius 1 is 1.45 bits per heavy atom. The molecule has 0 saturated heterocycles. The van der Waals surface area contributed by atoms with Crippen molar-refractivity contribution in [2.24, 2.45) is 0 Å². The van der Waals surface area contributed by atoms with Gasteiger partial charge in [-0.2, -0.15) is 0 Å². The Hall–Kier alpha value is -0.820. The lowest BCUT2D eigenvalue weighted by Crippen LogP contribution is -2.32. The molecule has 1 atom stereocenters. The van der Waals surface area contributed by atoms with E-state index >= 15 is 0 Å². The number of halogens is 2. The number of ether oxygens (including phenoxy) is 1. The van der Waals surface area contributed by atoms with Crippen molar-refractivity contribution >= 4 is 37.2 Å². The number of hydrogen-bond acceptors (Lipinski definition) is 4. The molecule has 1 amide bonds. The molecule has 20 heavy (non-hydrogen) atoms. The third kappa shape index (κ3) is 4.94. The first-order valence-electron chi connectivity index (χ1n) is 5.89. The molecule has 0 saturated carbocycles. The zero-order valence-electron chi connectivity index (χ0n) is 11.0. The SMILES string of the molecule is CCOC(C)CNC(=O)c1cc(S(=O)(=O)Cl)ccc1Cl. The maximum atomic E-state index is 12.0. The van der Waals surface area contributed by atoms with Gasteiger partial charge in [0.2, 0.25) is 0 Å². The molecule has 0 bridgehead atoms. The highest BCUT2D eigenvalue weighted by molar-refractivity contribution is 8.13. The van der Waals surface area contributed by atoms with Gasteiger partial charge in [-0.15, -0.1) is 0 Å². The Balaban J connectivity index is 2.87. The molecular formula is C12H15Cl2NO4S. The summed E-state index contributed by atoms with van der Waals surface area (Å²) in [6.45, 7) is 4.49. The molecule has 0 spiro atoms. The van der Waals surface area contributed by atoms with Crippen LogP contribution < -0.4 is 5.32 Å². The Labute approximate surface area is 127 Å². The van der Waals surface area contributed by atoms with Crippen molar-refractivity contribution in [1.82, 2.24) is 5.32 Å². The normalized spacial score (nSPS) is 13.0. The number of rotatable bonds is 6. The predicted molar refractivity (Wildman–Crippen MR) is 77.9 cm³/mol. The Bertz CT molecular complexity index is 589. The van der Waals surface area contributed by atoms with Gasteiger partial charge >= 0.3 is 0 Å². The van der Waals surface area contributed by atoms with E-state index in [-0.39, 0.29) is 21.6 Å². The number of carbonyl (C=O) groups is 1. The smallest absolute Gasteiger partial charge is 0.261 e. The first kappa shape index (κ1) is 17.2. The molecule has 5 nitrogen and oxygen atoms in total. The van der Waals surface area contributed by atoms with Crippen molar-refractivity contribution in [1.29, 1.82) is 0 Å². The molecule has 0 radical (unpaired) electrons. The van der Waals surface area contributed by atoms with Crippen LogP contribution in [-0.2, 0) is 13.8 Å². The quantitative estimate of drug-likeness (QED) is 0.808. The van der Waals surface area contributed by atoms with Crippen LogP contribution in [0.3, 0.4) is 0 Å². The Morgan fingerprint density at radius 3 is 2.65 bits per heavy atom. The minimum absolute atomic E-state index is 0.0529. The molecule has 1 aromatic carbocycles. The van der Waals surface area contributed by atoms with E-state index in [1.54, 1.807) is 0 Å². The molecule has 0 aliphatic heterocycles. The van der Waals surface area contributed by atoms with Crippen molar-refractivity contribution in [2.75, 3.05) is 13.2 Å². The predicted octanol–water partition coefficient (Wildman–Crippen LogP) is 2.42. The van der Waals surface area contributed by atoms with Crippen LogP contribution in [0.4, 0.5) is 0 Å². The van der Waals surface area contributed by atoms with Crippen LogP contribution >= 0.6 is 22.3 Å². The molecule has 1 rings (SSSR count). The lowest BCUT2D eigenvalue weighted by molar-refractivity contribution is 0.0695. The van der Waals surface area contributed by atoms with Crippen molar-refractivity contribution in [2.45, 2.75) is 24.8 Å². The van der Waals surface area contributed by atoms with Crippen molar-refractivity contribution in [3.63, 3.8) is 0 Å². The molecule has 8 heteroatoms. The third-order valence-corrected chi connectivity index (χ3v) is 4.15. The van der Waals surface area contributed by atoms with E-state index < -0.39 is 15.0 Å². The van der Waals surface area contributed by atoms with Gasteiger partial charge in [-0.05, 0) is 32.0 Å². The van der Waals surface area contributed by atoms with Crippen LogP contribution in [0.25, 0.3) is 0 Å². The van der Waals surface area contributed by atoms with Crippen LogP contribution in [0.15, 0.2) is 23.1 Å². The molecular weight excluding hydrogens is 325 g/mol. The summed E-state index contributed by atoms with van der Waals surface area (Å²) in [4.78, 5) is 11.8. The Morgan fingerprint density at radius 2 is 2.10 bits per heavy atom. The average molecular weight is 340 g/mol. The maximum absolute atomic E-state index is 12.0. The second kappa shape index (κ2) is 7.26. The molecule has 1 aromatic rings. The standard InChI is InChI=1S/C12H15Cl2NO4S/c1-3-19-8(2)7-15-12(16)10-6-9(20(14,17)18)4-5-11(10)13/h4-6,8H,3,7H2,1-2H3,(H,15,16). The van der Waals surface area contributed by atoms with E-state index in [4.69, 9.17) is 27.0 Å². The molecule has 112 valence electrons. The summed E-state index contributed by atoms with van der Waals surface area (Å²) < 4.78 is 27.8. The molecule has 0 aliphatic carbocycles. The van der Waals surface area contributed by atoms with Gasteiger partial charge in [0.1, 0.15) is 0 Å². The van der Waals surface area contributed by atoms with Gasteiger partial charge in [0.05, 0.1) is 21.6 Å². The summed E-state index contributed by atoms with van der Waals surface area (Å²) in [5.41, 5.74) is 0.0529. The van der Waals surface area contributed by atoms with Crippen molar-refractivity contribution in [3.8, 4) is 0 Å². The lowest BCUT2D eigenvalue weighted by Gasteiger charge is -2.13. The fraction of sp³-hybridized carbons (Fsp3) is 0.417. The zero-order valence-corrected chi connectivity index (χ0v) is 13.3. The lowest BCUT2D eigenvalue weighted by atomic mass is 10.2. The fourth-order valence-electron chi connectivity index (χ4n) is 1.51. The molecule has 0 heterocycles. The van der Waals surface area contributed by atoms with E-state index in [1.165, 1.54) is 12.1 Å². The van der Waals surface area contributed by atoms with E-state index in [2.05, 4.69) is 5.32 Å². The van der Waals surface area contributed by atoms with Crippen molar-refractivity contribution in [3.05, 3.63) is 28.8 Å². The average Bonchev–Trinajstić information content (AvgIpc) is 2.35.